The van der Waals surface area contributed by atoms with Crippen molar-refractivity contribution in [2.75, 3.05) is 13.2 Å². The standard InChI is InChI=1S/C11H9ClOS/c12-11(6-13-7-11)9-5-14-10-4-2-1-3-8(9)10/h1-5H,6-7H2. The monoisotopic (exact) mass is 224 g/mol. The Kier molecular flexibility index (Phi) is 1.84. The highest BCUT2D eigenvalue weighted by atomic mass is 35.5. The molecule has 0 saturated carbocycles. The number of benzene rings is 1. The van der Waals surface area contributed by atoms with Crippen LogP contribution in [-0.4, -0.2) is 13.2 Å². The summed E-state index contributed by atoms with van der Waals surface area (Å²) in [4.78, 5) is -0.264. The number of hydrogen-bond donors (Lipinski definition) is 0. The van der Waals surface area contributed by atoms with Crippen LogP contribution in [0.25, 0.3) is 10.1 Å². The average Bonchev–Trinajstić information content (AvgIpc) is 2.58. The third kappa shape index (κ3) is 1.11. The predicted molar refractivity (Wildman–Crippen MR) is 60.2 cm³/mol. The van der Waals surface area contributed by atoms with Crippen LogP contribution in [-0.2, 0) is 9.61 Å². The maximum Gasteiger partial charge on any atom is 0.117 e. The van der Waals surface area contributed by atoms with E-state index in [1.54, 1.807) is 11.3 Å². The van der Waals surface area contributed by atoms with E-state index in [1.165, 1.54) is 15.6 Å². The number of fused-ring (bicyclic) bond motifs is 1. The molecule has 3 heteroatoms. The molecule has 0 N–H and O–H groups in total. The quantitative estimate of drug-likeness (QED) is 0.675. The van der Waals surface area contributed by atoms with Gasteiger partial charge in [0.05, 0.1) is 13.2 Å². The molecule has 3 rings (SSSR count). The zero-order valence-corrected chi connectivity index (χ0v) is 9.07. The fourth-order valence-electron chi connectivity index (χ4n) is 1.76. The van der Waals surface area contributed by atoms with Crippen molar-refractivity contribution in [1.82, 2.24) is 0 Å². The minimum atomic E-state index is -0.264. The van der Waals surface area contributed by atoms with Gasteiger partial charge in [0.25, 0.3) is 0 Å². The lowest BCUT2D eigenvalue weighted by Crippen LogP contribution is -2.41. The summed E-state index contributed by atoms with van der Waals surface area (Å²) in [5.41, 5.74) is 1.23. The first kappa shape index (κ1) is 8.72. The maximum atomic E-state index is 6.43. The first-order valence-electron chi connectivity index (χ1n) is 4.53. The minimum Gasteiger partial charge on any atom is -0.377 e. The Balaban J connectivity index is 2.22. The van der Waals surface area contributed by atoms with Gasteiger partial charge in [-0.2, -0.15) is 0 Å². The Morgan fingerprint density at radius 1 is 1.29 bits per heavy atom. The molecular weight excluding hydrogens is 216 g/mol. The van der Waals surface area contributed by atoms with Gasteiger partial charge in [-0.25, -0.2) is 0 Å². The van der Waals surface area contributed by atoms with E-state index in [2.05, 4.69) is 29.6 Å². The van der Waals surface area contributed by atoms with Gasteiger partial charge in [-0.1, -0.05) is 18.2 Å². The number of rotatable bonds is 1. The molecule has 1 aliphatic heterocycles. The molecule has 0 unspecified atom stereocenters. The van der Waals surface area contributed by atoms with Gasteiger partial charge < -0.3 is 4.74 Å². The van der Waals surface area contributed by atoms with Crippen molar-refractivity contribution >= 4 is 33.0 Å². The second kappa shape index (κ2) is 2.96. The van der Waals surface area contributed by atoms with E-state index in [1.807, 2.05) is 0 Å². The van der Waals surface area contributed by atoms with Gasteiger partial charge in [0.1, 0.15) is 4.87 Å². The molecule has 0 bridgehead atoms. The summed E-state index contributed by atoms with van der Waals surface area (Å²) in [7, 11) is 0. The Morgan fingerprint density at radius 3 is 2.79 bits per heavy atom. The second-order valence-electron chi connectivity index (χ2n) is 3.60. The van der Waals surface area contributed by atoms with Crippen LogP contribution in [0.4, 0.5) is 0 Å². The van der Waals surface area contributed by atoms with Gasteiger partial charge in [-0.15, -0.1) is 22.9 Å². The lowest BCUT2D eigenvalue weighted by atomic mass is 9.96. The summed E-state index contributed by atoms with van der Waals surface area (Å²) < 4.78 is 6.48. The van der Waals surface area contributed by atoms with E-state index in [0.29, 0.717) is 13.2 Å². The van der Waals surface area contributed by atoms with Gasteiger partial charge in [0, 0.05) is 4.70 Å². The summed E-state index contributed by atoms with van der Waals surface area (Å²) in [6.45, 7) is 1.27. The molecule has 1 saturated heterocycles. The van der Waals surface area contributed by atoms with Crippen LogP contribution in [0, 0.1) is 0 Å². The number of alkyl halides is 1. The number of hydrogen-bond acceptors (Lipinski definition) is 2. The minimum absolute atomic E-state index is 0.264. The van der Waals surface area contributed by atoms with Crippen LogP contribution in [0.1, 0.15) is 5.56 Å². The van der Waals surface area contributed by atoms with Crippen LogP contribution >= 0.6 is 22.9 Å². The number of thiophene rings is 1. The third-order valence-corrected chi connectivity index (χ3v) is 4.01. The average molecular weight is 225 g/mol. The predicted octanol–water partition coefficient (Wildman–Crippen LogP) is 3.37. The molecule has 0 spiro atoms. The number of halogens is 1. The van der Waals surface area contributed by atoms with Crippen LogP contribution in [0.15, 0.2) is 29.6 Å². The van der Waals surface area contributed by atoms with Crippen LogP contribution in [0.5, 0.6) is 0 Å². The fourth-order valence-corrected chi connectivity index (χ4v) is 3.20. The zero-order valence-electron chi connectivity index (χ0n) is 7.50. The van der Waals surface area contributed by atoms with Crippen LogP contribution in [0.2, 0.25) is 0 Å². The second-order valence-corrected chi connectivity index (χ2v) is 5.24. The Hall–Kier alpha value is -0.570. The normalized spacial score (nSPS) is 19.5. The Morgan fingerprint density at radius 2 is 2.07 bits per heavy atom. The van der Waals surface area contributed by atoms with E-state index in [9.17, 15) is 0 Å². The molecule has 1 nitrogen and oxygen atoms in total. The molecule has 0 aliphatic carbocycles. The summed E-state index contributed by atoms with van der Waals surface area (Å²) in [6, 6.07) is 8.37. The van der Waals surface area contributed by atoms with Crippen LogP contribution < -0.4 is 0 Å². The molecule has 1 aromatic carbocycles. The largest absolute Gasteiger partial charge is 0.377 e. The molecule has 14 heavy (non-hydrogen) atoms. The first-order chi connectivity index (χ1) is 6.80. The van der Waals surface area contributed by atoms with E-state index < -0.39 is 0 Å². The highest BCUT2D eigenvalue weighted by Gasteiger charge is 2.39. The number of ether oxygens (including phenoxy) is 1. The summed E-state index contributed by atoms with van der Waals surface area (Å²) in [6.07, 6.45) is 0. The lowest BCUT2D eigenvalue weighted by molar-refractivity contribution is -0.0144. The van der Waals surface area contributed by atoms with Crippen molar-refractivity contribution in [1.29, 1.82) is 0 Å². The van der Waals surface area contributed by atoms with Gasteiger partial charge in [-0.05, 0) is 22.4 Å². The van der Waals surface area contributed by atoms with Gasteiger partial charge >= 0.3 is 0 Å². The molecule has 72 valence electrons. The van der Waals surface area contributed by atoms with Gasteiger partial charge in [-0.3, -0.25) is 0 Å². The van der Waals surface area contributed by atoms with Crippen molar-refractivity contribution in [2.24, 2.45) is 0 Å². The Bertz CT molecular complexity index is 473. The molecule has 2 heterocycles. The molecule has 2 aromatic rings. The van der Waals surface area contributed by atoms with E-state index >= 15 is 0 Å². The topological polar surface area (TPSA) is 9.23 Å². The van der Waals surface area contributed by atoms with E-state index in [-0.39, 0.29) is 4.87 Å². The van der Waals surface area contributed by atoms with Crippen LogP contribution in [0.3, 0.4) is 0 Å². The highest BCUT2D eigenvalue weighted by molar-refractivity contribution is 7.17. The van der Waals surface area contributed by atoms with Gasteiger partial charge in [0.2, 0.25) is 0 Å². The molecule has 0 atom stereocenters. The summed E-state index contributed by atoms with van der Waals surface area (Å²) in [5, 5.41) is 3.43. The van der Waals surface area contributed by atoms with Gasteiger partial charge in [0.15, 0.2) is 0 Å². The smallest absolute Gasteiger partial charge is 0.117 e. The van der Waals surface area contributed by atoms with E-state index in [0.717, 1.165) is 0 Å². The van der Waals surface area contributed by atoms with Crippen molar-refractivity contribution in [3.63, 3.8) is 0 Å². The lowest BCUT2D eigenvalue weighted by Gasteiger charge is -2.35. The Labute approximate surface area is 91.3 Å². The molecule has 1 fully saturated rings. The molecule has 0 amide bonds. The van der Waals surface area contributed by atoms with Crippen molar-refractivity contribution < 1.29 is 4.74 Å². The fraction of sp³-hybridized carbons (Fsp3) is 0.273. The SMILES string of the molecule is ClC1(c2csc3ccccc23)COC1. The summed E-state index contributed by atoms with van der Waals surface area (Å²) >= 11 is 8.18. The third-order valence-electron chi connectivity index (χ3n) is 2.63. The molecule has 1 aromatic heterocycles. The summed E-state index contributed by atoms with van der Waals surface area (Å²) in [5.74, 6) is 0. The first-order valence-corrected chi connectivity index (χ1v) is 5.79. The maximum absolute atomic E-state index is 6.43. The molecule has 1 aliphatic rings. The van der Waals surface area contributed by atoms with Crippen molar-refractivity contribution in [2.45, 2.75) is 4.87 Å². The van der Waals surface area contributed by atoms with E-state index in [4.69, 9.17) is 16.3 Å². The van der Waals surface area contributed by atoms with Crippen molar-refractivity contribution in [3.8, 4) is 0 Å². The highest BCUT2D eigenvalue weighted by Crippen LogP contribution is 2.42. The zero-order chi connectivity index (χ0) is 9.60. The molecule has 0 radical (unpaired) electrons. The van der Waals surface area contributed by atoms with Crippen molar-refractivity contribution in [3.05, 3.63) is 35.2 Å². The molecular formula is C11H9ClOS.